The van der Waals surface area contributed by atoms with Crippen LogP contribution in [0.25, 0.3) is 0 Å². The van der Waals surface area contributed by atoms with Crippen LogP contribution in [-0.4, -0.2) is 44.7 Å². The molecular formula is C21H26N2O2. The highest BCUT2D eigenvalue weighted by atomic mass is 16.5. The molecule has 0 aromatic heterocycles. The Hall–Kier alpha value is -2.04. The summed E-state index contributed by atoms with van der Waals surface area (Å²) in [4.78, 5) is 5.02. The molecule has 1 atom stereocenters. The van der Waals surface area contributed by atoms with Gasteiger partial charge in [-0.1, -0.05) is 24.3 Å². The van der Waals surface area contributed by atoms with E-state index in [4.69, 9.17) is 9.47 Å². The number of anilines is 1. The van der Waals surface area contributed by atoms with Crippen molar-refractivity contribution in [1.29, 1.82) is 0 Å². The number of rotatable bonds is 5. The molecule has 0 radical (unpaired) electrons. The van der Waals surface area contributed by atoms with Gasteiger partial charge in [-0.15, -0.1) is 0 Å². The Kier molecular flexibility index (Phi) is 4.90. The van der Waals surface area contributed by atoms with Crippen LogP contribution in [0.3, 0.4) is 0 Å². The zero-order valence-electron chi connectivity index (χ0n) is 14.9. The third-order valence-electron chi connectivity index (χ3n) is 5.36. The minimum atomic E-state index is 0.274. The van der Waals surface area contributed by atoms with Crippen molar-refractivity contribution in [2.24, 2.45) is 0 Å². The molecule has 4 nitrogen and oxygen atoms in total. The highest BCUT2D eigenvalue weighted by molar-refractivity contribution is 5.49. The molecule has 132 valence electrons. The van der Waals surface area contributed by atoms with Crippen molar-refractivity contribution < 1.29 is 9.47 Å². The van der Waals surface area contributed by atoms with Crippen LogP contribution in [0.15, 0.2) is 48.5 Å². The number of ether oxygens (including phenoxy) is 2. The summed E-state index contributed by atoms with van der Waals surface area (Å²) < 4.78 is 11.2. The lowest BCUT2D eigenvalue weighted by Crippen LogP contribution is -2.46. The van der Waals surface area contributed by atoms with Crippen LogP contribution < -0.4 is 9.64 Å². The van der Waals surface area contributed by atoms with Crippen LogP contribution in [0.4, 0.5) is 5.69 Å². The smallest absolute Gasteiger partial charge is 0.119 e. The van der Waals surface area contributed by atoms with E-state index in [0.29, 0.717) is 0 Å². The van der Waals surface area contributed by atoms with Gasteiger partial charge in [-0.25, -0.2) is 0 Å². The van der Waals surface area contributed by atoms with Crippen molar-refractivity contribution in [2.75, 3.05) is 44.7 Å². The Bertz CT molecular complexity index is 693. The second-order valence-corrected chi connectivity index (χ2v) is 6.81. The van der Waals surface area contributed by atoms with Gasteiger partial charge in [-0.05, 0) is 41.8 Å². The SMILES string of the molecule is COc1ccc(N2CCN(CCC3OCc4ccccc43)CC2)cc1. The normalized spacial score (nSPS) is 20.5. The Balaban J connectivity index is 1.26. The number of fused-ring (bicyclic) bond motifs is 1. The molecule has 2 heterocycles. The van der Waals surface area contributed by atoms with Gasteiger partial charge in [-0.2, -0.15) is 0 Å². The Morgan fingerprint density at radius 1 is 1.00 bits per heavy atom. The quantitative estimate of drug-likeness (QED) is 0.833. The summed E-state index contributed by atoms with van der Waals surface area (Å²) in [7, 11) is 1.71. The summed E-state index contributed by atoms with van der Waals surface area (Å²) in [5.74, 6) is 0.916. The van der Waals surface area contributed by atoms with Gasteiger partial charge in [0.15, 0.2) is 0 Å². The van der Waals surface area contributed by atoms with Crippen LogP contribution in [0, 0.1) is 0 Å². The fourth-order valence-electron chi connectivity index (χ4n) is 3.82. The third kappa shape index (κ3) is 3.65. The zero-order chi connectivity index (χ0) is 17.1. The Morgan fingerprint density at radius 2 is 1.76 bits per heavy atom. The van der Waals surface area contributed by atoms with Gasteiger partial charge in [-0.3, -0.25) is 4.90 Å². The lowest BCUT2D eigenvalue weighted by molar-refractivity contribution is 0.0510. The predicted molar refractivity (Wildman–Crippen MR) is 100 cm³/mol. The van der Waals surface area contributed by atoms with Crippen LogP contribution in [0.2, 0.25) is 0 Å². The second-order valence-electron chi connectivity index (χ2n) is 6.81. The van der Waals surface area contributed by atoms with E-state index >= 15 is 0 Å². The van der Waals surface area contributed by atoms with Gasteiger partial charge in [0.2, 0.25) is 0 Å². The van der Waals surface area contributed by atoms with Crippen molar-refractivity contribution in [1.82, 2.24) is 4.90 Å². The highest BCUT2D eigenvalue weighted by Gasteiger charge is 2.24. The van der Waals surface area contributed by atoms with Crippen LogP contribution in [0.1, 0.15) is 23.7 Å². The standard InChI is InChI=1S/C21H26N2O2/c1-24-19-8-6-18(7-9-19)23-14-12-22(13-15-23)11-10-21-20-5-3-2-4-17(20)16-25-21/h2-9,21H,10-16H2,1H3. The molecule has 1 fully saturated rings. The molecule has 2 aromatic rings. The van der Waals surface area contributed by atoms with Crippen molar-refractivity contribution in [3.8, 4) is 5.75 Å². The minimum Gasteiger partial charge on any atom is -0.497 e. The van der Waals surface area contributed by atoms with Gasteiger partial charge >= 0.3 is 0 Å². The van der Waals surface area contributed by atoms with Crippen molar-refractivity contribution in [3.63, 3.8) is 0 Å². The molecule has 0 spiro atoms. The largest absolute Gasteiger partial charge is 0.497 e. The minimum absolute atomic E-state index is 0.274. The van der Waals surface area contributed by atoms with E-state index in [2.05, 4.69) is 46.2 Å². The predicted octanol–water partition coefficient (Wildman–Crippen LogP) is 3.48. The summed E-state index contributed by atoms with van der Waals surface area (Å²) in [6.07, 6.45) is 1.36. The lowest BCUT2D eigenvalue weighted by atomic mass is 10.0. The van der Waals surface area contributed by atoms with E-state index in [1.54, 1.807) is 7.11 Å². The molecule has 0 aliphatic carbocycles. The first kappa shape index (κ1) is 16.4. The fraction of sp³-hybridized carbons (Fsp3) is 0.429. The molecule has 1 unspecified atom stereocenters. The maximum atomic E-state index is 5.98. The molecule has 0 N–H and O–H groups in total. The van der Waals surface area contributed by atoms with Gasteiger partial charge in [0.05, 0.1) is 19.8 Å². The van der Waals surface area contributed by atoms with Gasteiger partial charge < -0.3 is 14.4 Å². The monoisotopic (exact) mass is 338 g/mol. The molecule has 25 heavy (non-hydrogen) atoms. The number of hydrogen-bond donors (Lipinski definition) is 0. The van der Waals surface area contributed by atoms with Gasteiger partial charge in [0.25, 0.3) is 0 Å². The number of hydrogen-bond acceptors (Lipinski definition) is 4. The molecular weight excluding hydrogens is 312 g/mol. The number of methoxy groups -OCH3 is 1. The van der Waals surface area contributed by atoms with Gasteiger partial charge in [0.1, 0.15) is 5.75 Å². The summed E-state index contributed by atoms with van der Waals surface area (Å²) in [5, 5.41) is 0. The van der Waals surface area contributed by atoms with E-state index in [1.165, 1.54) is 16.8 Å². The molecule has 2 aromatic carbocycles. The molecule has 0 saturated carbocycles. The number of benzene rings is 2. The van der Waals surface area contributed by atoms with Gasteiger partial charge in [0, 0.05) is 38.4 Å². The molecule has 2 aliphatic rings. The zero-order valence-corrected chi connectivity index (χ0v) is 14.9. The molecule has 0 bridgehead atoms. The maximum Gasteiger partial charge on any atom is 0.119 e. The second kappa shape index (κ2) is 7.46. The van der Waals surface area contributed by atoms with E-state index in [1.807, 2.05) is 12.1 Å². The van der Waals surface area contributed by atoms with Crippen LogP contribution >= 0.6 is 0 Å². The van der Waals surface area contributed by atoms with Crippen molar-refractivity contribution >= 4 is 5.69 Å². The summed E-state index contributed by atoms with van der Waals surface area (Å²) in [5.41, 5.74) is 4.03. The first-order chi connectivity index (χ1) is 12.3. The van der Waals surface area contributed by atoms with E-state index in [9.17, 15) is 0 Å². The van der Waals surface area contributed by atoms with E-state index in [-0.39, 0.29) is 6.10 Å². The highest BCUT2D eigenvalue weighted by Crippen LogP contribution is 2.33. The van der Waals surface area contributed by atoms with Crippen molar-refractivity contribution in [2.45, 2.75) is 19.1 Å². The van der Waals surface area contributed by atoms with Crippen LogP contribution in [-0.2, 0) is 11.3 Å². The average molecular weight is 338 g/mol. The summed E-state index contributed by atoms with van der Waals surface area (Å²) in [6, 6.07) is 17.0. The van der Waals surface area contributed by atoms with Crippen LogP contribution in [0.5, 0.6) is 5.75 Å². The first-order valence-electron chi connectivity index (χ1n) is 9.14. The molecule has 1 saturated heterocycles. The third-order valence-corrected chi connectivity index (χ3v) is 5.36. The Labute approximate surface area is 150 Å². The fourth-order valence-corrected chi connectivity index (χ4v) is 3.82. The molecule has 2 aliphatic heterocycles. The number of nitrogens with zero attached hydrogens (tertiary/aromatic N) is 2. The summed E-state index contributed by atoms with van der Waals surface area (Å²) >= 11 is 0. The molecule has 0 amide bonds. The Morgan fingerprint density at radius 3 is 2.52 bits per heavy atom. The molecule has 4 heteroatoms. The van der Waals surface area contributed by atoms with E-state index in [0.717, 1.165) is 51.5 Å². The average Bonchev–Trinajstić information content (AvgIpc) is 3.10. The first-order valence-corrected chi connectivity index (χ1v) is 9.14. The lowest BCUT2D eigenvalue weighted by Gasteiger charge is -2.36. The molecule has 4 rings (SSSR count). The summed E-state index contributed by atoms with van der Waals surface area (Å²) in [6.45, 7) is 6.26. The van der Waals surface area contributed by atoms with Crippen molar-refractivity contribution in [3.05, 3.63) is 59.7 Å². The maximum absolute atomic E-state index is 5.98. The number of piperazine rings is 1. The van der Waals surface area contributed by atoms with E-state index < -0.39 is 0 Å². The topological polar surface area (TPSA) is 24.9 Å².